The third-order valence-electron chi connectivity index (χ3n) is 3.84. The minimum absolute atomic E-state index is 0.147. The van der Waals surface area contributed by atoms with Crippen LogP contribution in [-0.4, -0.2) is 40.2 Å². The van der Waals surface area contributed by atoms with E-state index in [0.717, 1.165) is 12.8 Å². The number of methoxy groups -OCH3 is 1. The van der Waals surface area contributed by atoms with Crippen molar-refractivity contribution in [2.75, 3.05) is 13.7 Å². The second-order valence-corrected chi connectivity index (χ2v) is 8.80. The normalized spacial score (nSPS) is 13.7. The molecule has 0 spiro atoms. The molecule has 23 heavy (non-hydrogen) atoms. The molecular formula is C19H28O3Se. The fourth-order valence-corrected chi connectivity index (χ4v) is 4.75. The summed E-state index contributed by atoms with van der Waals surface area (Å²) in [4.78, 5) is 11.3. The van der Waals surface area contributed by atoms with Crippen molar-refractivity contribution < 1.29 is 14.3 Å². The molecule has 1 aromatic carbocycles. The van der Waals surface area contributed by atoms with Crippen molar-refractivity contribution in [3.05, 3.63) is 42.0 Å². The summed E-state index contributed by atoms with van der Waals surface area (Å²) in [5.74, 6) is -0.236. The van der Waals surface area contributed by atoms with Crippen LogP contribution in [0.2, 0.25) is 4.82 Å². The molecule has 4 heteroatoms. The van der Waals surface area contributed by atoms with Crippen molar-refractivity contribution in [3.63, 3.8) is 0 Å². The standard InChI is InChI=1S/C19H28O3Se/c1-15(13-14-22-16(2)20)11-12-18(19(3,4)21-5)23-17-9-7-6-8-10-17/h6-10,13,18H,11-12,14H2,1-5H3/b15-13+. The fraction of sp³-hybridized carbons (Fsp3) is 0.526. The zero-order chi connectivity index (χ0) is 17.3. The Kier molecular flexibility index (Phi) is 8.60. The molecular weight excluding hydrogens is 355 g/mol. The summed E-state index contributed by atoms with van der Waals surface area (Å²) >= 11 is 0.358. The Morgan fingerprint density at radius 3 is 2.48 bits per heavy atom. The van der Waals surface area contributed by atoms with E-state index in [4.69, 9.17) is 9.47 Å². The Morgan fingerprint density at radius 2 is 1.91 bits per heavy atom. The Bertz CT molecular complexity index is 509. The predicted octanol–water partition coefficient (Wildman–Crippen LogP) is 3.52. The number of rotatable bonds is 9. The third kappa shape index (κ3) is 7.83. The van der Waals surface area contributed by atoms with Crippen LogP contribution in [0.15, 0.2) is 42.0 Å². The molecule has 1 rings (SSSR count). The quantitative estimate of drug-likeness (QED) is 0.372. The van der Waals surface area contributed by atoms with Gasteiger partial charge in [0.05, 0.1) is 0 Å². The van der Waals surface area contributed by atoms with E-state index in [2.05, 4.69) is 51.1 Å². The molecule has 0 aliphatic carbocycles. The number of hydrogen-bond donors (Lipinski definition) is 0. The van der Waals surface area contributed by atoms with Crippen LogP contribution in [-0.2, 0) is 14.3 Å². The van der Waals surface area contributed by atoms with Crippen LogP contribution in [0.4, 0.5) is 0 Å². The second kappa shape index (κ2) is 9.92. The van der Waals surface area contributed by atoms with Gasteiger partial charge in [0.25, 0.3) is 0 Å². The summed E-state index contributed by atoms with van der Waals surface area (Å²) in [7, 11) is 1.79. The van der Waals surface area contributed by atoms with Crippen molar-refractivity contribution >= 4 is 25.4 Å². The molecule has 0 bridgehead atoms. The predicted molar refractivity (Wildman–Crippen MR) is 96.3 cm³/mol. The van der Waals surface area contributed by atoms with Crippen molar-refractivity contribution in [2.24, 2.45) is 0 Å². The van der Waals surface area contributed by atoms with Gasteiger partial charge in [0.1, 0.15) is 0 Å². The van der Waals surface area contributed by atoms with Crippen LogP contribution in [0.5, 0.6) is 0 Å². The molecule has 128 valence electrons. The molecule has 3 nitrogen and oxygen atoms in total. The van der Waals surface area contributed by atoms with Gasteiger partial charge < -0.3 is 0 Å². The third-order valence-corrected chi connectivity index (χ3v) is 7.27. The molecule has 0 fully saturated rings. The first-order valence-electron chi connectivity index (χ1n) is 7.91. The summed E-state index contributed by atoms with van der Waals surface area (Å²) in [5, 5.41) is 0. The molecule has 0 heterocycles. The molecule has 1 aromatic rings. The Morgan fingerprint density at radius 1 is 1.26 bits per heavy atom. The SMILES string of the molecule is COC(C)(C)C(CC/C(C)=C/COC(C)=O)[Se]c1ccccc1. The zero-order valence-corrected chi connectivity index (χ0v) is 16.5. The van der Waals surface area contributed by atoms with Crippen LogP contribution in [0.25, 0.3) is 0 Å². The summed E-state index contributed by atoms with van der Waals surface area (Å²) in [6, 6.07) is 10.6. The fourth-order valence-electron chi connectivity index (χ4n) is 2.11. The minimum atomic E-state index is -0.236. The molecule has 0 aliphatic heterocycles. The number of hydrogen-bond acceptors (Lipinski definition) is 3. The first kappa shape index (κ1) is 20.0. The molecule has 0 aliphatic rings. The Labute approximate surface area is 146 Å². The van der Waals surface area contributed by atoms with Gasteiger partial charge in [0, 0.05) is 0 Å². The van der Waals surface area contributed by atoms with Crippen LogP contribution in [0.3, 0.4) is 0 Å². The van der Waals surface area contributed by atoms with E-state index in [-0.39, 0.29) is 11.6 Å². The molecule has 0 saturated heterocycles. The second-order valence-electron chi connectivity index (χ2n) is 6.12. The van der Waals surface area contributed by atoms with E-state index in [1.807, 2.05) is 6.08 Å². The van der Waals surface area contributed by atoms with E-state index in [0.29, 0.717) is 26.4 Å². The van der Waals surface area contributed by atoms with Gasteiger partial charge in [-0.2, -0.15) is 0 Å². The van der Waals surface area contributed by atoms with Crippen LogP contribution in [0, 0.1) is 0 Å². The first-order valence-corrected chi connectivity index (χ1v) is 9.75. The van der Waals surface area contributed by atoms with Gasteiger partial charge in [-0.3, -0.25) is 0 Å². The van der Waals surface area contributed by atoms with Gasteiger partial charge in [-0.1, -0.05) is 0 Å². The van der Waals surface area contributed by atoms with E-state index in [1.165, 1.54) is 17.0 Å². The summed E-state index contributed by atoms with van der Waals surface area (Å²) in [6.07, 6.45) is 4.05. The number of allylic oxidation sites excluding steroid dienone is 1. The van der Waals surface area contributed by atoms with Crippen molar-refractivity contribution in [1.29, 1.82) is 0 Å². The number of benzene rings is 1. The van der Waals surface area contributed by atoms with Crippen molar-refractivity contribution in [1.82, 2.24) is 0 Å². The van der Waals surface area contributed by atoms with Gasteiger partial charge in [0.2, 0.25) is 0 Å². The average Bonchev–Trinajstić information content (AvgIpc) is 2.51. The Balaban J connectivity index is 2.65. The number of esters is 1. The summed E-state index contributed by atoms with van der Waals surface area (Å²) in [6.45, 7) is 8.22. The van der Waals surface area contributed by atoms with E-state index in [1.54, 1.807) is 7.11 Å². The molecule has 0 aromatic heterocycles. The summed E-state index contributed by atoms with van der Waals surface area (Å²) < 4.78 is 12.1. The van der Waals surface area contributed by atoms with Gasteiger partial charge in [-0.05, 0) is 0 Å². The first-order chi connectivity index (χ1) is 10.8. The Hall–Kier alpha value is -1.09. The molecule has 0 saturated carbocycles. The number of carbonyl (C=O) groups is 1. The van der Waals surface area contributed by atoms with Crippen molar-refractivity contribution in [3.8, 4) is 0 Å². The number of ether oxygens (including phenoxy) is 2. The van der Waals surface area contributed by atoms with Crippen LogP contribution in [0.1, 0.15) is 40.5 Å². The van der Waals surface area contributed by atoms with E-state index >= 15 is 0 Å². The van der Waals surface area contributed by atoms with Crippen LogP contribution >= 0.6 is 0 Å². The molecule has 0 amide bonds. The average molecular weight is 383 g/mol. The molecule has 0 radical (unpaired) electrons. The number of carbonyl (C=O) groups excluding carboxylic acids is 1. The van der Waals surface area contributed by atoms with E-state index in [9.17, 15) is 4.79 Å². The van der Waals surface area contributed by atoms with E-state index < -0.39 is 0 Å². The maximum absolute atomic E-state index is 10.8. The topological polar surface area (TPSA) is 35.5 Å². The van der Waals surface area contributed by atoms with Gasteiger partial charge in [0.15, 0.2) is 0 Å². The molecule has 0 N–H and O–H groups in total. The zero-order valence-electron chi connectivity index (χ0n) is 14.8. The monoisotopic (exact) mass is 384 g/mol. The summed E-state index contributed by atoms with van der Waals surface area (Å²) in [5.41, 5.74) is 1.11. The van der Waals surface area contributed by atoms with Gasteiger partial charge >= 0.3 is 146 Å². The molecule has 1 unspecified atom stereocenters. The van der Waals surface area contributed by atoms with Gasteiger partial charge in [-0.25, -0.2) is 0 Å². The van der Waals surface area contributed by atoms with Crippen LogP contribution < -0.4 is 4.46 Å². The molecule has 1 atom stereocenters. The maximum atomic E-state index is 10.8. The van der Waals surface area contributed by atoms with Crippen molar-refractivity contribution in [2.45, 2.75) is 51.0 Å². The van der Waals surface area contributed by atoms with Gasteiger partial charge in [-0.15, -0.1) is 0 Å².